The van der Waals surface area contributed by atoms with E-state index in [-0.39, 0.29) is 23.5 Å². The number of hydrogen-bond acceptors (Lipinski definition) is 6. The number of hydrogen-bond donors (Lipinski definition) is 4. The molecular formula is C14H12O7. The molecule has 21 heavy (non-hydrogen) atoms. The highest BCUT2D eigenvalue weighted by molar-refractivity contribution is 5.84. The fourth-order valence-corrected chi connectivity index (χ4v) is 1.82. The molecule has 1 atom stereocenters. The van der Waals surface area contributed by atoms with Crippen LogP contribution in [0.1, 0.15) is 27.8 Å². The lowest BCUT2D eigenvalue weighted by Crippen LogP contribution is -2.16. The summed E-state index contributed by atoms with van der Waals surface area (Å²) in [7, 11) is 0. The number of benzene rings is 1. The highest BCUT2D eigenvalue weighted by Crippen LogP contribution is 2.27. The molecule has 7 nitrogen and oxygen atoms in total. The van der Waals surface area contributed by atoms with Crippen molar-refractivity contribution in [2.75, 3.05) is 0 Å². The van der Waals surface area contributed by atoms with Crippen molar-refractivity contribution in [3.8, 4) is 11.5 Å². The summed E-state index contributed by atoms with van der Waals surface area (Å²) >= 11 is 0. The molecule has 4 N–H and O–H groups in total. The lowest BCUT2D eigenvalue weighted by Gasteiger charge is -2.10. The van der Waals surface area contributed by atoms with Crippen molar-refractivity contribution in [3.05, 3.63) is 57.6 Å². The summed E-state index contributed by atoms with van der Waals surface area (Å²) in [4.78, 5) is 22.3. The van der Waals surface area contributed by atoms with Crippen LogP contribution in [0.2, 0.25) is 0 Å². The van der Waals surface area contributed by atoms with Crippen LogP contribution in [0.4, 0.5) is 0 Å². The molecule has 2 rings (SSSR count). The standard InChI is InChI=1S/C14H12O7/c15-9-3-1-7(6-11(9)17)5-10(16)8-2-4-12(13(18)19)21-14(8)20/h1-4,6,10,15-17H,5H2,(H,18,19). The SMILES string of the molecule is O=C(O)c1ccc(C(O)Cc2ccc(O)c(O)c2)c(=O)o1. The van der Waals surface area contributed by atoms with E-state index in [1.165, 1.54) is 24.3 Å². The Balaban J connectivity index is 2.24. The highest BCUT2D eigenvalue weighted by Gasteiger charge is 2.17. The maximum absolute atomic E-state index is 11.6. The molecule has 0 bridgehead atoms. The molecule has 0 fully saturated rings. The van der Waals surface area contributed by atoms with Gasteiger partial charge in [-0.3, -0.25) is 0 Å². The molecule has 7 heteroatoms. The summed E-state index contributed by atoms with van der Waals surface area (Å²) in [5.74, 6) is -2.53. The van der Waals surface area contributed by atoms with Crippen LogP contribution < -0.4 is 5.63 Å². The Morgan fingerprint density at radius 3 is 2.43 bits per heavy atom. The van der Waals surface area contributed by atoms with Gasteiger partial charge in [0.15, 0.2) is 11.5 Å². The summed E-state index contributed by atoms with van der Waals surface area (Å²) in [5, 5.41) is 37.2. The normalized spacial score (nSPS) is 12.0. The van der Waals surface area contributed by atoms with Crippen LogP contribution in [-0.2, 0) is 6.42 Å². The molecule has 1 heterocycles. The molecule has 0 aliphatic heterocycles. The quantitative estimate of drug-likeness (QED) is 0.619. The molecule has 0 aliphatic rings. The molecule has 110 valence electrons. The van der Waals surface area contributed by atoms with E-state index in [0.717, 1.165) is 6.07 Å². The third-order valence-corrected chi connectivity index (χ3v) is 2.89. The molecule has 1 aromatic carbocycles. The second-order valence-corrected chi connectivity index (χ2v) is 4.39. The zero-order valence-electron chi connectivity index (χ0n) is 10.7. The highest BCUT2D eigenvalue weighted by atomic mass is 16.4. The second kappa shape index (κ2) is 5.68. The largest absolute Gasteiger partial charge is 0.504 e. The maximum atomic E-state index is 11.6. The molecule has 1 unspecified atom stereocenters. The van der Waals surface area contributed by atoms with Crippen molar-refractivity contribution in [1.29, 1.82) is 0 Å². The molecular weight excluding hydrogens is 280 g/mol. The van der Waals surface area contributed by atoms with Gasteiger partial charge in [-0.2, -0.15) is 0 Å². The van der Waals surface area contributed by atoms with Crippen molar-refractivity contribution in [2.24, 2.45) is 0 Å². The first-order chi connectivity index (χ1) is 9.88. The molecule has 0 spiro atoms. The van der Waals surface area contributed by atoms with E-state index in [0.29, 0.717) is 5.56 Å². The number of carbonyl (C=O) groups is 1. The predicted molar refractivity (Wildman–Crippen MR) is 70.4 cm³/mol. The van der Waals surface area contributed by atoms with Crippen molar-refractivity contribution in [3.63, 3.8) is 0 Å². The van der Waals surface area contributed by atoms with Gasteiger partial charge in [-0.25, -0.2) is 9.59 Å². The topological polar surface area (TPSA) is 128 Å². The van der Waals surface area contributed by atoms with Gasteiger partial charge in [0.05, 0.1) is 11.7 Å². The molecule has 0 radical (unpaired) electrons. The lowest BCUT2D eigenvalue weighted by atomic mass is 10.0. The first-order valence-corrected chi connectivity index (χ1v) is 5.94. The minimum atomic E-state index is -1.38. The molecule has 0 saturated carbocycles. The van der Waals surface area contributed by atoms with Crippen LogP contribution in [0.5, 0.6) is 11.5 Å². The zero-order valence-corrected chi connectivity index (χ0v) is 10.7. The lowest BCUT2D eigenvalue weighted by molar-refractivity contribution is 0.0654. The Morgan fingerprint density at radius 1 is 1.14 bits per heavy atom. The third-order valence-electron chi connectivity index (χ3n) is 2.89. The number of aliphatic hydroxyl groups excluding tert-OH is 1. The van der Waals surface area contributed by atoms with Crippen molar-refractivity contribution in [2.45, 2.75) is 12.5 Å². The molecule has 2 aromatic rings. The summed E-state index contributed by atoms with van der Waals surface area (Å²) < 4.78 is 4.57. The average molecular weight is 292 g/mol. The number of carboxylic acids is 1. The summed E-state index contributed by atoms with van der Waals surface area (Å²) in [6.45, 7) is 0. The fraction of sp³-hybridized carbons (Fsp3) is 0.143. The van der Waals surface area contributed by atoms with Gasteiger partial charge in [0, 0.05) is 6.42 Å². The van der Waals surface area contributed by atoms with Crippen LogP contribution in [0.25, 0.3) is 0 Å². The Morgan fingerprint density at radius 2 is 1.86 bits per heavy atom. The van der Waals surface area contributed by atoms with Crippen LogP contribution in [0, 0.1) is 0 Å². The Hall–Kier alpha value is -2.80. The van der Waals surface area contributed by atoms with Crippen LogP contribution in [0.3, 0.4) is 0 Å². The first kappa shape index (κ1) is 14.6. The van der Waals surface area contributed by atoms with E-state index in [9.17, 15) is 24.9 Å². The summed E-state index contributed by atoms with van der Waals surface area (Å²) in [5.41, 5.74) is -0.544. The van der Waals surface area contributed by atoms with Crippen molar-refractivity contribution in [1.82, 2.24) is 0 Å². The van der Waals surface area contributed by atoms with Crippen LogP contribution in [0.15, 0.2) is 39.5 Å². The minimum absolute atomic E-state index is 0.00891. The Bertz CT molecular complexity index is 732. The van der Waals surface area contributed by atoms with E-state index < -0.39 is 23.5 Å². The van der Waals surface area contributed by atoms with E-state index in [1.54, 1.807) is 0 Å². The maximum Gasteiger partial charge on any atom is 0.371 e. The monoisotopic (exact) mass is 292 g/mol. The van der Waals surface area contributed by atoms with E-state index >= 15 is 0 Å². The first-order valence-electron chi connectivity index (χ1n) is 5.94. The third kappa shape index (κ3) is 3.21. The summed E-state index contributed by atoms with van der Waals surface area (Å²) in [6, 6.07) is 6.25. The van der Waals surface area contributed by atoms with Gasteiger partial charge < -0.3 is 24.8 Å². The number of aromatic carboxylic acids is 1. The van der Waals surface area contributed by atoms with Gasteiger partial charge >= 0.3 is 11.6 Å². The predicted octanol–water partition coefficient (Wildman–Crippen LogP) is 1.03. The van der Waals surface area contributed by atoms with Crippen LogP contribution in [-0.4, -0.2) is 26.4 Å². The number of rotatable bonds is 4. The van der Waals surface area contributed by atoms with Crippen molar-refractivity contribution < 1.29 is 29.6 Å². The van der Waals surface area contributed by atoms with Gasteiger partial charge in [0.25, 0.3) is 0 Å². The van der Waals surface area contributed by atoms with Gasteiger partial charge in [0.1, 0.15) is 0 Å². The van der Waals surface area contributed by atoms with Crippen LogP contribution >= 0.6 is 0 Å². The van der Waals surface area contributed by atoms with E-state index in [4.69, 9.17) is 5.11 Å². The number of aromatic hydroxyl groups is 2. The number of phenolic OH excluding ortho intramolecular Hbond substituents is 2. The molecule has 0 saturated heterocycles. The smallest absolute Gasteiger partial charge is 0.371 e. The Labute approximate surface area is 118 Å². The van der Waals surface area contributed by atoms with Crippen molar-refractivity contribution >= 4 is 5.97 Å². The van der Waals surface area contributed by atoms with Gasteiger partial charge in [-0.15, -0.1) is 0 Å². The van der Waals surface area contributed by atoms with E-state index in [1.807, 2.05) is 0 Å². The molecule has 0 aliphatic carbocycles. The van der Waals surface area contributed by atoms with Gasteiger partial charge in [-0.05, 0) is 29.8 Å². The fourth-order valence-electron chi connectivity index (χ4n) is 1.82. The van der Waals surface area contributed by atoms with Gasteiger partial charge in [-0.1, -0.05) is 6.07 Å². The number of phenols is 2. The average Bonchev–Trinajstić information content (AvgIpc) is 2.42. The summed E-state index contributed by atoms with van der Waals surface area (Å²) in [6.07, 6.45) is -1.24. The zero-order chi connectivity index (χ0) is 15.6. The van der Waals surface area contributed by atoms with Gasteiger partial charge in [0.2, 0.25) is 5.76 Å². The molecule has 0 amide bonds. The molecule has 1 aromatic heterocycles. The van der Waals surface area contributed by atoms with E-state index in [2.05, 4.69) is 4.42 Å². The second-order valence-electron chi connectivity index (χ2n) is 4.39. The number of aliphatic hydroxyl groups is 1. The minimum Gasteiger partial charge on any atom is -0.504 e. The Kier molecular flexibility index (Phi) is 3.95. The number of carboxylic acid groups (broad SMARTS) is 1.